The third-order valence-electron chi connectivity index (χ3n) is 16.6. The van der Waals surface area contributed by atoms with Gasteiger partial charge in [0.2, 0.25) is 0 Å². The van der Waals surface area contributed by atoms with Crippen molar-refractivity contribution in [3.05, 3.63) is 0 Å². The summed E-state index contributed by atoms with van der Waals surface area (Å²) < 4.78 is 453. The first-order chi connectivity index (χ1) is 45.6. The molecule has 0 amide bonds. The van der Waals surface area contributed by atoms with Crippen molar-refractivity contribution in [2.45, 2.75) is 279 Å². The quantitative estimate of drug-likeness (QED) is 0.0341. The van der Waals surface area contributed by atoms with E-state index in [0.717, 1.165) is 91.7 Å². The van der Waals surface area contributed by atoms with Crippen molar-refractivity contribution < 1.29 is 179 Å². The molecular weight excluding hydrogens is 1720 g/mol. The third-order valence-corrected chi connectivity index (χ3v) is 77.9. The first-order valence-electron chi connectivity index (χ1n) is 32.8. The van der Waals surface area contributed by atoms with Gasteiger partial charge in [-0.3, -0.25) is 0 Å². The van der Waals surface area contributed by atoms with Crippen LogP contribution in [0.2, 0.25) is 153 Å². The average Bonchev–Trinajstić information content (AvgIpc) is 0.942. The highest BCUT2D eigenvalue weighted by Gasteiger charge is 2.93. The normalized spacial score (nSPS) is 32.7. The van der Waals surface area contributed by atoms with Crippen LogP contribution in [0.3, 0.4) is 0 Å². The zero-order valence-electron chi connectivity index (χ0n) is 59.2. The lowest BCUT2D eigenvalue weighted by atomic mass is 9.88. The molecule has 7 saturated heterocycles. The van der Waals surface area contributed by atoms with Gasteiger partial charge in [0.15, 0.2) is 66.5 Å². The fourth-order valence-corrected chi connectivity index (χ4v) is 84.3. The molecule has 3 atom stereocenters. The van der Waals surface area contributed by atoms with Crippen molar-refractivity contribution in [1.82, 2.24) is 0 Å². The average molecular weight is 1810 g/mol. The van der Waals surface area contributed by atoms with E-state index in [2.05, 4.69) is 0 Å². The lowest BCUT2D eigenvalue weighted by molar-refractivity contribution is -0.141. The zero-order chi connectivity index (χ0) is 78.5. The molecule has 0 radical (unpaired) electrons. The highest BCUT2D eigenvalue weighted by atomic mass is 28.7. The Bertz CT molecular complexity index is 2650. The Labute approximate surface area is 600 Å². The summed E-state index contributed by atoms with van der Waals surface area (Å²) in [4.78, 5) is 0. The molecule has 0 aromatic rings. The molecule has 1 saturated carbocycles. The molecule has 1 aliphatic carbocycles. The summed E-state index contributed by atoms with van der Waals surface area (Å²) >= 11 is 0. The number of rotatable bonds is 33. The van der Waals surface area contributed by atoms with Gasteiger partial charge >= 0.3 is 116 Å². The lowest BCUT2D eigenvalue weighted by Crippen LogP contribution is -2.93. The number of fused-ring (bicyclic) bond motifs is 1. The predicted molar refractivity (Wildman–Crippen MR) is 351 cm³/mol. The topological polar surface area (TPSA) is 197 Å². The van der Waals surface area contributed by atoms with Crippen LogP contribution in [-0.4, -0.2) is 194 Å². The van der Waals surface area contributed by atoms with Crippen molar-refractivity contribution in [1.29, 1.82) is 0 Å². The van der Waals surface area contributed by atoms with Gasteiger partial charge < -0.3 is 87.0 Å². The van der Waals surface area contributed by atoms with E-state index in [9.17, 15) is 92.2 Å². The fourth-order valence-electron chi connectivity index (χ4n) is 11.4. The minimum atomic E-state index is -6.91. The van der Waals surface area contributed by atoms with E-state index in [1.54, 1.807) is 0 Å². The Hall–Kier alpha value is 1.16. The maximum Gasteiger partial charge on any atom is 0.651 e. The van der Waals surface area contributed by atoms with Crippen molar-refractivity contribution in [2.75, 3.05) is 0 Å². The van der Waals surface area contributed by atoms with Crippen molar-refractivity contribution >= 4 is 139 Å². The van der Waals surface area contributed by atoms with Gasteiger partial charge in [-0.15, -0.1) is 0 Å². The van der Waals surface area contributed by atoms with Gasteiger partial charge in [0.05, 0.1) is 12.2 Å². The van der Waals surface area contributed by atoms with Crippen LogP contribution in [-0.2, 0) is 87.0 Å². The summed E-state index contributed by atoms with van der Waals surface area (Å²) in [5, 5.41) is 0. The van der Waals surface area contributed by atoms with Crippen LogP contribution in [0.1, 0.15) is 70.6 Å². The zero-order valence-corrected chi connectivity index (χ0v) is 75.2. The summed E-state index contributed by atoms with van der Waals surface area (Å²) in [5.74, 6) is -0.127. The first-order valence-corrected chi connectivity index (χ1v) is 70.8. The summed E-state index contributed by atoms with van der Waals surface area (Å²) in [6, 6.07) is -7.72. The Morgan fingerprint density at radius 1 is 0.243 bits per heavy atom. The number of ether oxygens (including phenoxy) is 1. The number of halogens is 21. The van der Waals surface area contributed by atoms with Crippen LogP contribution in [0, 0.1) is 5.92 Å². The molecule has 0 N–H and O–H groups in total. The smallest absolute Gasteiger partial charge is 0.395 e. The molecule has 58 heteroatoms. The number of hydrogen-bond donors (Lipinski definition) is 0. The molecule has 103 heavy (non-hydrogen) atoms. The van der Waals surface area contributed by atoms with E-state index in [1.807, 2.05) is 0 Å². The van der Waals surface area contributed by atoms with Crippen LogP contribution in [0.5, 0.6) is 0 Å². The lowest BCUT2D eigenvalue weighted by Gasteiger charge is -2.61. The molecule has 3 unspecified atom stereocenters. The van der Waals surface area contributed by atoms with Crippen LogP contribution in [0.15, 0.2) is 0 Å². The predicted octanol–water partition coefficient (Wildman–Crippen LogP) is 17.1. The van der Waals surface area contributed by atoms with Crippen molar-refractivity contribution in [3.63, 3.8) is 0 Å². The third kappa shape index (κ3) is 28.9. The molecule has 8 aliphatic rings. The molecule has 8 fully saturated rings. The summed E-state index contributed by atoms with van der Waals surface area (Å²) in [6.07, 6.45) is -45.8. The SMILES string of the molecule is C[Si](C)(CCC1CCC2OC2C1)O[Si]12O[Si]3(O[Si](C)(C)CCC(F)(F)F)O[Si]4(O[Si](C)(C)CCC(F)(F)F)O[Si](O[Si](C)(C)CCC(F)(F)F)(O1)O[Si]1(O[Si](C)(C)CCC(F)(F)F)O[Si](O[Si](C)(C)CCC(F)(F)F)(O2)O[Si](O[Si](C)(C)CCC(F)(F)F)(O3)O[Si](O[Si](C)(C)CCC(F)(F)F)(O4)O1. The maximum atomic E-state index is 14.7. The molecule has 0 spiro atoms. The molecule has 7 heterocycles. The van der Waals surface area contributed by atoms with Crippen LogP contribution in [0.25, 0.3) is 0 Å². The van der Waals surface area contributed by atoms with E-state index in [-0.39, 0.29) is 30.6 Å². The Kier molecular flexibility index (Phi) is 27.0. The van der Waals surface area contributed by atoms with Gasteiger partial charge in [-0.1, -0.05) is 6.42 Å². The number of alkyl halides is 21. The second-order valence-electron chi connectivity index (χ2n) is 31.4. The molecule has 8 rings (SSSR count). The Morgan fingerprint density at radius 2 is 0.398 bits per heavy atom. The highest BCUT2D eigenvalue weighted by molar-refractivity contribution is 7.04. The second-order valence-corrected chi connectivity index (χ2v) is 87.8. The molecule has 7 aliphatic heterocycles. The van der Waals surface area contributed by atoms with Crippen molar-refractivity contribution in [2.24, 2.45) is 5.92 Å². The van der Waals surface area contributed by atoms with Gasteiger partial charge in [-0.2, -0.15) is 92.2 Å². The van der Waals surface area contributed by atoms with Crippen molar-refractivity contribution in [3.8, 4) is 0 Å². The van der Waals surface area contributed by atoms with E-state index >= 15 is 0 Å². The molecule has 0 aromatic carbocycles. The maximum absolute atomic E-state index is 14.7. The minimum Gasteiger partial charge on any atom is -0.395 e. The van der Waals surface area contributed by atoms with Crippen LogP contribution < -0.4 is 0 Å². The Balaban J connectivity index is 1.75. The molecule has 606 valence electrons. The fraction of sp³-hybridized carbons (Fsp3) is 1.00. The molecule has 8 bridgehead atoms. The number of epoxide rings is 1. The van der Waals surface area contributed by atoms with Gasteiger partial charge in [0, 0.05) is 44.9 Å². The minimum absolute atomic E-state index is 0.0220. The van der Waals surface area contributed by atoms with E-state index < -0.39 is 269 Å². The summed E-state index contributed by atoms with van der Waals surface area (Å²) in [6.45, 7) is 17.8. The Morgan fingerprint density at radius 3 is 0.544 bits per heavy atom. The molecular formula is C45H89F21O21Si16. The van der Waals surface area contributed by atoms with Crippen LogP contribution in [0.4, 0.5) is 92.2 Å². The monoisotopic (exact) mass is 1810 g/mol. The highest BCUT2D eigenvalue weighted by Crippen LogP contribution is 2.56. The van der Waals surface area contributed by atoms with Crippen LogP contribution >= 0.6 is 0 Å². The molecule has 0 aromatic heterocycles. The number of hydrogen-bond acceptors (Lipinski definition) is 21. The van der Waals surface area contributed by atoms with E-state index in [4.69, 9.17) is 87.0 Å². The second kappa shape index (κ2) is 30.4. The summed E-state index contributed by atoms with van der Waals surface area (Å²) in [7, 11) is -91.4. The largest absolute Gasteiger partial charge is 0.651 e. The van der Waals surface area contributed by atoms with Gasteiger partial charge in [-0.25, -0.2) is 0 Å². The first kappa shape index (κ1) is 91.3. The van der Waals surface area contributed by atoms with Gasteiger partial charge in [0.1, 0.15) is 0 Å². The van der Waals surface area contributed by atoms with E-state index in [0.29, 0.717) is 19.3 Å². The van der Waals surface area contributed by atoms with Gasteiger partial charge in [-0.05, 0) is 178 Å². The molecule has 21 nitrogen and oxygen atoms in total. The van der Waals surface area contributed by atoms with Gasteiger partial charge in [0.25, 0.3) is 0 Å². The standard InChI is InChI=1S/C45H89F21O21Si16/c1-88(2,27-19-36-17-18-37-38(35-36)67-37)68-96-76-97(69-89(3,4)28-20-39(46,47)48)79-100(72-92(9,10)31-23-42(55,56)57)81-98(77-96,70-90(5,6)29-21-40(49,50)51)83-102(74-94(13,14)33-25-44(61,62)63)84-99(78-96,71-91(7,8)30-22-41(52,53)54)82-101(80-97,73-93(11,12)32-24-43(58,59)60)86-103(85-100,87-102)75-95(15,16)34-26-45(64,65)66/h36-38H,17-35H2,1-16H3. The summed E-state index contributed by atoms with van der Waals surface area (Å²) in [5.41, 5.74) is 0. The van der Waals surface area contributed by atoms with E-state index in [1.165, 1.54) is 13.1 Å².